The molecule has 1 heterocycles. The zero-order valence-electron chi connectivity index (χ0n) is 16.5. The van der Waals surface area contributed by atoms with Crippen LogP contribution in [-0.2, 0) is 14.8 Å². The average Bonchev–Trinajstić information content (AvgIpc) is 3.13. The lowest BCUT2D eigenvalue weighted by atomic mass is 10.0. The molecule has 0 saturated heterocycles. The fraction of sp³-hybridized carbons (Fsp3) is 0.0909. The number of sulfonamides is 1. The number of aromatic hydroxyl groups is 1. The minimum Gasteiger partial charge on any atom is -0.507 e. The summed E-state index contributed by atoms with van der Waals surface area (Å²) in [6.45, 7) is 1.91. The van der Waals surface area contributed by atoms with Crippen LogP contribution in [0.2, 0.25) is 0 Å². The highest BCUT2D eigenvalue weighted by molar-refractivity contribution is 7.89. The van der Waals surface area contributed by atoms with Crippen molar-refractivity contribution in [1.82, 2.24) is 9.78 Å². The van der Waals surface area contributed by atoms with Crippen molar-refractivity contribution in [2.45, 2.75) is 11.8 Å². The third kappa shape index (κ3) is 3.88. The molecule has 0 aliphatic rings. The maximum absolute atomic E-state index is 12.5. The molecule has 0 atom stereocenters. The molecule has 4 rings (SSSR count). The summed E-state index contributed by atoms with van der Waals surface area (Å²) in [4.78, 5) is 12.4. The second-order valence-electron chi connectivity index (χ2n) is 6.77. The van der Waals surface area contributed by atoms with E-state index >= 15 is 0 Å². The molecule has 158 valence electrons. The number of benzene rings is 3. The van der Waals surface area contributed by atoms with Crippen LogP contribution in [0.25, 0.3) is 27.7 Å². The van der Waals surface area contributed by atoms with Gasteiger partial charge >= 0.3 is 5.97 Å². The van der Waals surface area contributed by atoms with Crippen molar-refractivity contribution in [3.63, 3.8) is 0 Å². The Kier molecular flexibility index (Phi) is 5.22. The molecule has 0 bridgehead atoms. The van der Waals surface area contributed by atoms with Crippen LogP contribution >= 0.6 is 0 Å². The van der Waals surface area contributed by atoms with Crippen LogP contribution in [0.4, 0.5) is 0 Å². The summed E-state index contributed by atoms with van der Waals surface area (Å²) >= 11 is 0. The normalized spacial score (nSPS) is 11.5. The molecule has 0 spiro atoms. The van der Waals surface area contributed by atoms with Crippen LogP contribution in [0.15, 0.2) is 71.6 Å². The summed E-state index contributed by atoms with van der Waals surface area (Å²) < 4.78 is 29.8. The highest BCUT2D eigenvalue weighted by atomic mass is 32.2. The predicted octanol–water partition coefficient (Wildman–Crippen LogP) is 3.22. The Morgan fingerprint density at radius 1 is 1.10 bits per heavy atom. The van der Waals surface area contributed by atoms with Crippen molar-refractivity contribution in [2.24, 2.45) is 5.14 Å². The summed E-state index contributed by atoms with van der Waals surface area (Å²) in [5.74, 6) is -0.446. The number of phenols is 1. The number of primary sulfonamides is 1. The summed E-state index contributed by atoms with van der Waals surface area (Å²) in [6, 6.07) is 18.1. The van der Waals surface area contributed by atoms with Crippen molar-refractivity contribution in [3.8, 4) is 22.6 Å². The lowest BCUT2D eigenvalue weighted by Gasteiger charge is -2.07. The number of nitrogens with zero attached hydrogens (tertiary/aromatic N) is 2. The van der Waals surface area contributed by atoms with E-state index in [1.165, 1.54) is 16.8 Å². The number of para-hydroxylation sites is 1. The van der Waals surface area contributed by atoms with Crippen molar-refractivity contribution in [1.29, 1.82) is 0 Å². The maximum Gasteiger partial charge on any atom is 0.359 e. The van der Waals surface area contributed by atoms with Gasteiger partial charge in [-0.3, -0.25) is 0 Å². The molecule has 0 aliphatic carbocycles. The van der Waals surface area contributed by atoms with Crippen molar-refractivity contribution >= 4 is 26.9 Å². The molecule has 1 aromatic heterocycles. The van der Waals surface area contributed by atoms with E-state index < -0.39 is 16.0 Å². The van der Waals surface area contributed by atoms with E-state index in [-0.39, 0.29) is 22.9 Å². The van der Waals surface area contributed by atoms with Gasteiger partial charge in [-0.05, 0) is 55.0 Å². The first-order chi connectivity index (χ1) is 14.8. The lowest BCUT2D eigenvalue weighted by Crippen LogP contribution is -2.12. The highest BCUT2D eigenvalue weighted by Gasteiger charge is 2.20. The Labute approximate surface area is 178 Å². The first-order valence-corrected chi connectivity index (χ1v) is 11.0. The largest absolute Gasteiger partial charge is 0.507 e. The third-order valence-electron chi connectivity index (χ3n) is 4.77. The lowest BCUT2D eigenvalue weighted by molar-refractivity contribution is 0.0521. The Morgan fingerprint density at radius 2 is 1.81 bits per heavy atom. The Hall–Kier alpha value is -3.69. The number of carbonyl (C=O) groups is 1. The molecule has 0 radical (unpaired) electrons. The molecule has 31 heavy (non-hydrogen) atoms. The van der Waals surface area contributed by atoms with Gasteiger partial charge in [0, 0.05) is 10.9 Å². The number of rotatable bonds is 5. The van der Waals surface area contributed by atoms with E-state index in [4.69, 9.17) is 9.88 Å². The Bertz CT molecular complexity index is 1390. The van der Waals surface area contributed by atoms with Crippen LogP contribution in [0, 0.1) is 0 Å². The fourth-order valence-electron chi connectivity index (χ4n) is 3.32. The molecular formula is C22H19N3O5S. The Balaban J connectivity index is 1.93. The molecular weight excluding hydrogens is 418 g/mol. The van der Waals surface area contributed by atoms with Gasteiger partial charge in [-0.15, -0.1) is 0 Å². The van der Waals surface area contributed by atoms with Gasteiger partial charge in [-0.25, -0.2) is 23.0 Å². The number of esters is 1. The van der Waals surface area contributed by atoms with Gasteiger partial charge in [-0.2, -0.15) is 5.10 Å². The van der Waals surface area contributed by atoms with Gasteiger partial charge < -0.3 is 9.84 Å². The maximum atomic E-state index is 12.5. The number of aromatic nitrogens is 2. The third-order valence-corrected chi connectivity index (χ3v) is 5.70. The minimum atomic E-state index is -3.84. The number of fused-ring (bicyclic) bond motifs is 1. The smallest absolute Gasteiger partial charge is 0.359 e. The first-order valence-electron chi connectivity index (χ1n) is 9.41. The van der Waals surface area contributed by atoms with E-state index in [1.54, 1.807) is 55.5 Å². The van der Waals surface area contributed by atoms with E-state index in [0.29, 0.717) is 22.2 Å². The first kappa shape index (κ1) is 20.6. The van der Waals surface area contributed by atoms with E-state index in [1.807, 2.05) is 6.07 Å². The van der Waals surface area contributed by atoms with Gasteiger partial charge in [0.2, 0.25) is 10.0 Å². The molecule has 0 unspecified atom stereocenters. The number of carbonyl (C=O) groups excluding carboxylic acids is 1. The van der Waals surface area contributed by atoms with Crippen LogP contribution in [-0.4, -0.2) is 35.9 Å². The highest BCUT2D eigenvalue weighted by Crippen LogP contribution is 2.33. The molecule has 0 fully saturated rings. The van der Waals surface area contributed by atoms with E-state index in [9.17, 15) is 18.3 Å². The summed E-state index contributed by atoms with van der Waals surface area (Å²) in [7, 11) is -3.84. The quantitative estimate of drug-likeness (QED) is 0.462. The van der Waals surface area contributed by atoms with E-state index in [0.717, 1.165) is 5.56 Å². The number of ether oxygens (including phenoxy) is 1. The number of phenolic OH excluding ortho intramolecular Hbond substituents is 1. The summed E-state index contributed by atoms with van der Waals surface area (Å²) in [6.07, 6.45) is 0. The van der Waals surface area contributed by atoms with Gasteiger partial charge in [0.1, 0.15) is 5.75 Å². The predicted molar refractivity (Wildman–Crippen MR) is 116 cm³/mol. The number of hydrogen-bond donors (Lipinski definition) is 2. The molecule has 0 amide bonds. The number of nitrogens with two attached hydrogens (primary N) is 1. The number of hydrogen-bond acceptors (Lipinski definition) is 6. The average molecular weight is 437 g/mol. The van der Waals surface area contributed by atoms with Crippen molar-refractivity contribution in [3.05, 3.63) is 72.4 Å². The molecule has 8 nitrogen and oxygen atoms in total. The van der Waals surface area contributed by atoms with Crippen molar-refractivity contribution in [2.75, 3.05) is 6.61 Å². The monoisotopic (exact) mass is 437 g/mol. The standard InChI is InChI=1S/C22H19N3O5S/c1-2-30-22(27)21-18-12-7-14(17-5-3-4-6-20(17)26)13-19(18)25(24-21)15-8-10-16(11-9-15)31(23,28)29/h3-13,26H,2H2,1H3,(H2,23,28,29). The van der Waals surface area contributed by atoms with Crippen LogP contribution in [0.3, 0.4) is 0 Å². The van der Waals surface area contributed by atoms with Crippen molar-refractivity contribution < 1.29 is 23.1 Å². The Morgan fingerprint density at radius 3 is 2.45 bits per heavy atom. The summed E-state index contributed by atoms with van der Waals surface area (Å²) in [5, 5.41) is 20.4. The van der Waals surface area contributed by atoms with Gasteiger partial charge in [0.25, 0.3) is 0 Å². The van der Waals surface area contributed by atoms with E-state index in [2.05, 4.69) is 5.10 Å². The second kappa shape index (κ2) is 7.86. The molecule has 3 N–H and O–H groups in total. The van der Waals surface area contributed by atoms with Gasteiger partial charge in [0.05, 0.1) is 22.7 Å². The van der Waals surface area contributed by atoms with Crippen LogP contribution in [0.5, 0.6) is 5.75 Å². The molecule has 0 saturated carbocycles. The topological polar surface area (TPSA) is 125 Å². The fourth-order valence-corrected chi connectivity index (χ4v) is 3.84. The zero-order valence-corrected chi connectivity index (χ0v) is 17.3. The summed E-state index contributed by atoms with van der Waals surface area (Å²) in [5.41, 5.74) is 2.61. The van der Waals surface area contributed by atoms with Crippen LogP contribution < -0.4 is 5.14 Å². The molecule has 9 heteroatoms. The van der Waals surface area contributed by atoms with Crippen LogP contribution in [0.1, 0.15) is 17.4 Å². The molecule has 3 aromatic carbocycles. The minimum absolute atomic E-state index is 0.0341. The van der Waals surface area contributed by atoms with Gasteiger partial charge in [0.15, 0.2) is 5.69 Å². The molecule has 4 aromatic rings. The zero-order chi connectivity index (χ0) is 22.2. The second-order valence-corrected chi connectivity index (χ2v) is 8.33. The SMILES string of the molecule is CCOC(=O)c1nn(-c2ccc(S(N)(=O)=O)cc2)c2cc(-c3ccccc3O)ccc12. The molecule has 0 aliphatic heterocycles. The van der Waals surface area contributed by atoms with Gasteiger partial charge in [-0.1, -0.05) is 24.3 Å².